The first-order valence-electron chi connectivity index (χ1n) is 3.04. The molecule has 0 aromatic heterocycles. The highest BCUT2D eigenvalue weighted by Crippen LogP contribution is 2.31. The van der Waals surface area contributed by atoms with Gasteiger partial charge in [0.15, 0.2) is 0 Å². The summed E-state index contributed by atoms with van der Waals surface area (Å²) in [6, 6.07) is 0. The van der Waals surface area contributed by atoms with Gasteiger partial charge in [-0.05, 0) is 6.08 Å². The third kappa shape index (κ3) is 2.38. The fourth-order valence-corrected chi connectivity index (χ4v) is 1.05. The van der Waals surface area contributed by atoms with E-state index in [0.717, 1.165) is 6.08 Å². The Kier molecular flexibility index (Phi) is 2.44. The average molecular weight is 187 g/mol. The highest BCUT2D eigenvalue weighted by atomic mass is 35.5. The summed E-state index contributed by atoms with van der Waals surface area (Å²) in [6.45, 7) is 0.0412. The van der Waals surface area contributed by atoms with E-state index in [0.29, 0.717) is 0 Å². The second kappa shape index (κ2) is 3.03. The molecule has 11 heavy (non-hydrogen) atoms. The fourth-order valence-electron chi connectivity index (χ4n) is 0.807. The molecule has 0 saturated heterocycles. The minimum atomic E-state index is -4.25. The molecule has 1 aliphatic heterocycles. The summed E-state index contributed by atoms with van der Waals surface area (Å²) in [4.78, 5) is 0. The van der Waals surface area contributed by atoms with Gasteiger partial charge in [-0.25, -0.2) is 0 Å². The van der Waals surface area contributed by atoms with Crippen LogP contribution in [0.3, 0.4) is 0 Å². The normalized spacial score (nSPS) is 26.5. The number of halogens is 4. The maximum Gasteiger partial charge on any atom is 0.412 e. The lowest BCUT2D eigenvalue weighted by atomic mass is 10.1. The van der Waals surface area contributed by atoms with Crippen molar-refractivity contribution in [2.45, 2.75) is 18.2 Å². The maximum absolute atomic E-state index is 11.9. The Morgan fingerprint density at radius 1 is 1.55 bits per heavy atom. The Balaban J connectivity index is 2.71. The van der Waals surface area contributed by atoms with Gasteiger partial charge in [0.2, 0.25) is 0 Å². The molecule has 1 aliphatic rings. The summed E-state index contributed by atoms with van der Waals surface area (Å²) in [7, 11) is 0. The van der Waals surface area contributed by atoms with Gasteiger partial charge in [-0.2, -0.15) is 13.2 Å². The van der Waals surface area contributed by atoms with E-state index in [2.05, 4.69) is 0 Å². The van der Waals surface area contributed by atoms with Crippen LogP contribution in [-0.4, -0.2) is 18.3 Å². The number of ether oxygens (including phenoxy) is 1. The molecule has 0 aromatic rings. The lowest BCUT2D eigenvalue weighted by Gasteiger charge is -2.19. The molecular weight excluding hydrogens is 181 g/mol. The van der Waals surface area contributed by atoms with Crippen LogP contribution in [0.1, 0.15) is 6.42 Å². The van der Waals surface area contributed by atoms with Gasteiger partial charge in [-0.3, -0.25) is 0 Å². The molecule has 0 amide bonds. The summed E-state index contributed by atoms with van der Waals surface area (Å²) in [5.74, 6) is 0. The first kappa shape index (κ1) is 8.87. The zero-order valence-electron chi connectivity index (χ0n) is 5.49. The van der Waals surface area contributed by atoms with Crippen LogP contribution in [0.25, 0.3) is 0 Å². The van der Waals surface area contributed by atoms with Crippen molar-refractivity contribution in [2.75, 3.05) is 6.61 Å². The molecule has 0 bridgehead atoms. The predicted octanol–water partition coefficient (Wildman–Crippen LogP) is 2.46. The molecule has 1 heterocycles. The van der Waals surface area contributed by atoms with Crippen molar-refractivity contribution in [3.63, 3.8) is 0 Å². The topological polar surface area (TPSA) is 9.23 Å². The molecule has 0 fully saturated rings. The van der Waals surface area contributed by atoms with Crippen molar-refractivity contribution >= 4 is 11.6 Å². The molecule has 0 N–H and O–H groups in total. The van der Waals surface area contributed by atoms with Crippen LogP contribution >= 0.6 is 11.6 Å². The molecular formula is C6H6ClF3O. The van der Waals surface area contributed by atoms with E-state index < -0.39 is 17.3 Å². The Morgan fingerprint density at radius 3 is 2.55 bits per heavy atom. The zero-order valence-corrected chi connectivity index (χ0v) is 6.24. The fraction of sp³-hybridized carbons (Fsp3) is 0.667. The molecule has 0 radical (unpaired) electrons. The summed E-state index contributed by atoms with van der Waals surface area (Å²) < 4.78 is 40.5. The SMILES string of the molecule is FC(F)(F)C1=CC(Cl)OCC1. The van der Waals surface area contributed by atoms with Gasteiger partial charge in [-0.15, -0.1) is 0 Å². The molecule has 1 unspecified atom stereocenters. The molecule has 0 spiro atoms. The lowest BCUT2D eigenvalue weighted by molar-refractivity contribution is -0.0991. The van der Waals surface area contributed by atoms with Gasteiger partial charge in [0.1, 0.15) is 5.56 Å². The van der Waals surface area contributed by atoms with Gasteiger partial charge in [0, 0.05) is 12.0 Å². The Morgan fingerprint density at radius 2 is 2.18 bits per heavy atom. The number of hydrogen-bond donors (Lipinski definition) is 0. The maximum atomic E-state index is 11.9. The van der Waals surface area contributed by atoms with Gasteiger partial charge < -0.3 is 4.74 Å². The third-order valence-corrected chi connectivity index (χ3v) is 1.60. The molecule has 1 atom stereocenters. The van der Waals surface area contributed by atoms with E-state index in [1.54, 1.807) is 0 Å². The highest BCUT2D eigenvalue weighted by Gasteiger charge is 2.35. The van der Waals surface area contributed by atoms with Crippen molar-refractivity contribution in [3.05, 3.63) is 11.6 Å². The van der Waals surface area contributed by atoms with E-state index in [9.17, 15) is 13.2 Å². The standard InChI is InChI=1S/C6H6ClF3O/c7-5-3-4(1-2-11-5)6(8,9)10/h3,5H,1-2H2. The minimum Gasteiger partial charge on any atom is -0.359 e. The summed E-state index contributed by atoms with van der Waals surface area (Å²) >= 11 is 5.32. The van der Waals surface area contributed by atoms with Crippen LogP contribution in [0, 0.1) is 0 Å². The van der Waals surface area contributed by atoms with Gasteiger partial charge in [0.25, 0.3) is 0 Å². The van der Waals surface area contributed by atoms with Crippen molar-refractivity contribution in [3.8, 4) is 0 Å². The van der Waals surface area contributed by atoms with E-state index in [1.807, 2.05) is 0 Å². The average Bonchev–Trinajstić information content (AvgIpc) is 1.86. The number of alkyl halides is 4. The van der Waals surface area contributed by atoms with Crippen LogP contribution in [-0.2, 0) is 4.74 Å². The highest BCUT2D eigenvalue weighted by molar-refractivity contribution is 6.20. The molecule has 0 aromatic carbocycles. The Bertz CT molecular complexity index is 175. The third-order valence-electron chi connectivity index (χ3n) is 1.34. The van der Waals surface area contributed by atoms with Crippen molar-refractivity contribution in [2.24, 2.45) is 0 Å². The summed E-state index contributed by atoms with van der Waals surface area (Å²) in [5, 5.41) is 0. The van der Waals surface area contributed by atoms with Crippen LogP contribution in [0.5, 0.6) is 0 Å². The number of hydrogen-bond acceptors (Lipinski definition) is 1. The second-order valence-corrected chi connectivity index (χ2v) is 2.59. The van der Waals surface area contributed by atoms with Crippen LogP contribution < -0.4 is 0 Å². The van der Waals surface area contributed by atoms with Gasteiger partial charge in [0.05, 0.1) is 6.61 Å². The zero-order chi connectivity index (χ0) is 8.48. The molecule has 64 valence electrons. The molecule has 0 saturated carbocycles. The van der Waals surface area contributed by atoms with Gasteiger partial charge in [-0.1, -0.05) is 11.6 Å². The molecule has 5 heteroatoms. The van der Waals surface area contributed by atoms with Crippen LogP contribution in [0.15, 0.2) is 11.6 Å². The van der Waals surface area contributed by atoms with Crippen molar-refractivity contribution in [1.82, 2.24) is 0 Å². The van der Waals surface area contributed by atoms with Gasteiger partial charge >= 0.3 is 6.18 Å². The molecule has 1 rings (SSSR count). The smallest absolute Gasteiger partial charge is 0.359 e. The van der Waals surface area contributed by atoms with E-state index in [4.69, 9.17) is 16.3 Å². The summed E-state index contributed by atoms with van der Waals surface area (Å²) in [6.07, 6.45) is -3.46. The van der Waals surface area contributed by atoms with Crippen molar-refractivity contribution in [1.29, 1.82) is 0 Å². The lowest BCUT2D eigenvalue weighted by Crippen LogP contribution is -2.21. The minimum absolute atomic E-state index is 0.0412. The van der Waals surface area contributed by atoms with Crippen molar-refractivity contribution < 1.29 is 17.9 Å². The second-order valence-electron chi connectivity index (χ2n) is 2.16. The largest absolute Gasteiger partial charge is 0.412 e. The first-order chi connectivity index (χ1) is 5.00. The van der Waals surface area contributed by atoms with Crippen LogP contribution in [0.2, 0.25) is 0 Å². The first-order valence-corrected chi connectivity index (χ1v) is 3.47. The number of rotatable bonds is 0. The van der Waals surface area contributed by atoms with E-state index in [1.165, 1.54) is 0 Å². The molecule has 0 aliphatic carbocycles. The molecule has 1 nitrogen and oxygen atoms in total. The monoisotopic (exact) mass is 186 g/mol. The Hall–Kier alpha value is -0.220. The van der Waals surface area contributed by atoms with E-state index in [-0.39, 0.29) is 13.0 Å². The Labute approximate surface area is 66.8 Å². The van der Waals surface area contributed by atoms with Crippen LogP contribution in [0.4, 0.5) is 13.2 Å². The van der Waals surface area contributed by atoms with E-state index >= 15 is 0 Å². The quantitative estimate of drug-likeness (QED) is 0.417. The predicted molar refractivity (Wildman–Crippen MR) is 34.3 cm³/mol. The summed E-state index contributed by atoms with van der Waals surface area (Å²) in [5.41, 5.74) is -1.52.